The molecular weight excluding hydrogens is 186 g/mol. The predicted molar refractivity (Wildman–Crippen MR) is 60.6 cm³/mol. The van der Waals surface area contributed by atoms with Crippen molar-refractivity contribution in [1.29, 1.82) is 0 Å². The van der Waals surface area contributed by atoms with Gasteiger partial charge in [-0.05, 0) is 32.2 Å². The van der Waals surface area contributed by atoms with E-state index in [1.54, 1.807) is 12.4 Å². The van der Waals surface area contributed by atoms with Gasteiger partial charge in [0.05, 0.1) is 5.69 Å². The first-order valence-corrected chi connectivity index (χ1v) is 5.74. The second kappa shape index (κ2) is 4.71. The molecule has 82 valence electrons. The molecule has 3 heteroatoms. The SMILES string of the molecule is CNC1CCC(C)C(c2cnccn2)C1. The van der Waals surface area contributed by atoms with Crippen molar-refractivity contribution in [3.05, 3.63) is 24.3 Å². The second-order valence-corrected chi connectivity index (χ2v) is 4.51. The molecule has 0 aliphatic heterocycles. The van der Waals surface area contributed by atoms with E-state index in [1.807, 2.05) is 13.2 Å². The van der Waals surface area contributed by atoms with Gasteiger partial charge in [0.15, 0.2) is 0 Å². The minimum Gasteiger partial charge on any atom is -0.317 e. The third kappa shape index (κ3) is 2.34. The van der Waals surface area contributed by atoms with Gasteiger partial charge in [0.25, 0.3) is 0 Å². The Morgan fingerprint density at radius 2 is 2.20 bits per heavy atom. The Morgan fingerprint density at radius 1 is 1.33 bits per heavy atom. The molecule has 3 nitrogen and oxygen atoms in total. The van der Waals surface area contributed by atoms with Crippen LogP contribution >= 0.6 is 0 Å². The molecule has 1 fully saturated rings. The lowest BCUT2D eigenvalue weighted by molar-refractivity contribution is 0.273. The van der Waals surface area contributed by atoms with Gasteiger partial charge in [-0.15, -0.1) is 0 Å². The lowest BCUT2D eigenvalue weighted by atomic mass is 9.76. The fourth-order valence-electron chi connectivity index (χ4n) is 2.50. The third-order valence-corrected chi connectivity index (χ3v) is 3.57. The standard InChI is InChI=1S/C12H19N3/c1-9-3-4-10(13-2)7-11(9)12-8-14-5-6-15-12/h5-6,8-11,13H,3-4,7H2,1-2H3. The summed E-state index contributed by atoms with van der Waals surface area (Å²) in [5, 5.41) is 3.38. The van der Waals surface area contributed by atoms with Crippen molar-refractivity contribution in [2.24, 2.45) is 5.92 Å². The highest BCUT2D eigenvalue weighted by molar-refractivity contribution is 5.07. The molecule has 1 aromatic rings. The van der Waals surface area contributed by atoms with Gasteiger partial charge in [-0.25, -0.2) is 0 Å². The average Bonchev–Trinajstić information content (AvgIpc) is 2.31. The zero-order valence-corrected chi connectivity index (χ0v) is 9.48. The van der Waals surface area contributed by atoms with Crippen LogP contribution in [0.5, 0.6) is 0 Å². The van der Waals surface area contributed by atoms with E-state index in [9.17, 15) is 0 Å². The molecule has 3 atom stereocenters. The summed E-state index contributed by atoms with van der Waals surface area (Å²) >= 11 is 0. The maximum atomic E-state index is 4.43. The minimum atomic E-state index is 0.574. The summed E-state index contributed by atoms with van der Waals surface area (Å²) in [6.45, 7) is 2.32. The van der Waals surface area contributed by atoms with Crippen LogP contribution in [0, 0.1) is 5.92 Å². The first-order valence-electron chi connectivity index (χ1n) is 5.74. The Morgan fingerprint density at radius 3 is 2.87 bits per heavy atom. The summed E-state index contributed by atoms with van der Waals surface area (Å²) in [4.78, 5) is 8.59. The maximum absolute atomic E-state index is 4.43. The predicted octanol–water partition coefficient (Wildman–Crippen LogP) is 1.97. The zero-order valence-electron chi connectivity index (χ0n) is 9.48. The fraction of sp³-hybridized carbons (Fsp3) is 0.667. The van der Waals surface area contributed by atoms with Crippen molar-refractivity contribution < 1.29 is 0 Å². The van der Waals surface area contributed by atoms with Crippen LogP contribution in [-0.4, -0.2) is 23.1 Å². The molecule has 1 aliphatic rings. The second-order valence-electron chi connectivity index (χ2n) is 4.51. The number of aromatic nitrogens is 2. The minimum absolute atomic E-state index is 0.574. The molecular formula is C12H19N3. The normalized spacial score (nSPS) is 31.5. The Kier molecular flexibility index (Phi) is 3.31. The Bertz CT molecular complexity index is 299. The average molecular weight is 205 g/mol. The van der Waals surface area contributed by atoms with Crippen molar-refractivity contribution >= 4 is 0 Å². The van der Waals surface area contributed by atoms with E-state index in [-0.39, 0.29) is 0 Å². The summed E-state index contributed by atoms with van der Waals surface area (Å²) in [7, 11) is 2.05. The number of nitrogens with zero attached hydrogens (tertiary/aromatic N) is 2. The smallest absolute Gasteiger partial charge is 0.0620 e. The quantitative estimate of drug-likeness (QED) is 0.802. The zero-order chi connectivity index (χ0) is 10.7. The van der Waals surface area contributed by atoms with Crippen LogP contribution < -0.4 is 5.32 Å². The first kappa shape index (κ1) is 10.6. The highest BCUT2D eigenvalue weighted by Crippen LogP contribution is 2.36. The van der Waals surface area contributed by atoms with Gasteiger partial charge < -0.3 is 5.32 Å². The van der Waals surface area contributed by atoms with Gasteiger partial charge >= 0.3 is 0 Å². The van der Waals surface area contributed by atoms with Crippen LogP contribution in [0.3, 0.4) is 0 Å². The Hall–Kier alpha value is -0.960. The summed E-state index contributed by atoms with van der Waals surface area (Å²) in [5.74, 6) is 1.30. The number of hydrogen-bond donors (Lipinski definition) is 1. The highest BCUT2D eigenvalue weighted by atomic mass is 14.9. The molecule has 1 aliphatic carbocycles. The molecule has 2 rings (SSSR count). The molecule has 15 heavy (non-hydrogen) atoms. The van der Waals surface area contributed by atoms with Crippen molar-refractivity contribution in [2.75, 3.05) is 7.05 Å². The summed E-state index contributed by atoms with van der Waals surface area (Å²) in [6.07, 6.45) is 9.22. The molecule has 1 saturated carbocycles. The van der Waals surface area contributed by atoms with Gasteiger partial charge in [0, 0.05) is 30.6 Å². The van der Waals surface area contributed by atoms with Crippen LogP contribution in [0.4, 0.5) is 0 Å². The summed E-state index contributed by atoms with van der Waals surface area (Å²) < 4.78 is 0. The molecule has 0 saturated heterocycles. The van der Waals surface area contributed by atoms with Gasteiger partial charge in [-0.2, -0.15) is 0 Å². The van der Waals surface area contributed by atoms with E-state index < -0.39 is 0 Å². The van der Waals surface area contributed by atoms with E-state index in [2.05, 4.69) is 22.2 Å². The third-order valence-electron chi connectivity index (χ3n) is 3.57. The largest absolute Gasteiger partial charge is 0.317 e. The van der Waals surface area contributed by atoms with Gasteiger partial charge in [-0.1, -0.05) is 6.92 Å². The number of nitrogens with one attached hydrogen (secondary N) is 1. The molecule has 0 amide bonds. The molecule has 0 bridgehead atoms. The van der Waals surface area contributed by atoms with E-state index in [0.29, 0.717) is 12.0 Å². The van der Waals surface area contributed by atoms with E-state index in [0.717, 1.165) is 11.6 Å². The summed E-state index contributed by atoms with van der Waals surface area (Å²) in [6, 6.07) is 0.646. The highest BCUT2D eigenvalue weighted by Gasteiger charge is 2.28. The van der Waals surface area contributed by atoms with Crippen molar-refractivity contribution in [2.45, 2.75) is 38.1 Å². The number of rotatable bonds is 2. The Balaban J connectivity index is 2.13. The van der Waals surface area contributed by atoms with E-state index >= 15 is 0 Å². The van der Waals surface area contributed by atoms with Gasteiger partial charge in [0.2, 0.25) is 0 Å². The first-order chi connectivity index (χ1) is 7.31. The lowest BCUT2D eigenvalue weighted by Crippen LogP contribution is -2.34. The molecule has 0 aromatic carbocycles. The van der Waals surface area contributed by atoms with Crippen LogP contribution in [0.15, 0.2) is 18.6 Å². The molecule has 0 radical (unpaired) electrons. The van der Waals surface area contributed by atoms with Crippen molar-refractivity contribution in [3.63, 3.8) is 0 Å². The van der Waals surface area contributed by atoms with Crippen LogP contribution in [0.2, 0.25) is 0 Å². The van der Waals surface area contributed by atoms with Crippen LogP contribution in [0.25, 0.3) is 0 Å². The Labute approximate surface area is 91.3 Å². The van der Waals surface area contributed by atoms with Gasteiger partial charge in [0.1, 0.15) is 0 Å². The van der Waals surface area contributed by atoms with Crippen molar-refractivity contribution in [3.8, 4) is 0 Å². The molecule has 0 spiro atoms. The van der Waals surface area contributed by atoms with E-state index in [4.69, 9.17) is 0 Å². The number of hydrogen-bond acceptors (Lipinski definition) is 3. The molecule has 1 heterocycles. The van der Waals surface area contributed by atoms with Crippen LogP contribution in [0.1, 0.15) is 37.8 Å². The topological polar surface area (TPSA) is 37.8 Å². The van der Waals surface area contributed by atoms with E-state index in [1.165, 1.54) is 19.3 Å². The molecule has 3 unspecified atom stereocenters. The molecule has 1 N–H and O–H groups in total. The van der Waals surface area contributed by atoms with Crippen LogP contribution in [-0.2, 0) is 0 Å². The fourth-order valence-corrected chi connectivity index (χ4v) is 2.50. The lowest BCUT2D eigenvalue weighted by Gasteiger charge is -2.33. The molecule has 1 aromatic heterocycles. The van der Waals surface area contributed by atoms with Gasteiger partial charge in [-0.3, -0.25) is 9.97 Å². The van der Waals surface area contributed by atoms with Crippen molar-refractivity contribution in [1.82, 2.24) is 15.3 Å². The summed E-state index contributed by atoms with van der Waals surface area (Å²) in [5.41, 5.74) is 1.16. The maximum Gasteiger partial charge on any atom is 0.0620 e. The monoisotopic (exact) mass is 205 g/mol.